The van der Waals surface area contributed by atoms with Gasteiger partial charge in [0.25, 0.3) is 5.91 Å². The average molecular weight is 611 g/mol. The molecule has 2 aromatic carbocycles. The first kappa shape index (κ1) is 28.2. The molecule has 36 heavy (non-hydrogen) atoms. The van der Waals surface area contributed by atoms with Gasteiger partial charge in [-0.05, 0) is 54.8 Å². The molecular formula is C25H26BrCl2N5O2S. The van der Waals surface area contributed by atoms with Crippen molar-refractivity contribution in [3.05, 3.63) is 80.5 Å². The van der Waals surface area contributed by atoms with Crippen LogP contribution in [0.15, 0.2) is 58.7 Å². The Morgan fingerprint density at radius 3 is 2.58 bits per heavy atom. The second kappa shape index (κ2) is 12.8. The van der Waals surface area contributed by atoms with Gasteiger partial charge in [-0.1, -0.05) is 70.8 Å². The zero-order valence-electron chi connectivity index (χ0n) is 20.0. The number of anilines is 1. The number of allylic oxidation sites excluding steroid dienone is 1. The molecule has 7 nitrogen and oxygen atoms in total. The Morgan fingerprint density at radius 1 is 1.17 bits per heavy atom. The van der Waals surface area contributed by atoms with Crippen molar-refractivity contribution in [3.63, 3.8) is 0 Å². The van der Waals surface area contributed by atoms with Crippen molar-refractivity contribution in [2.45, 2.75) is 44.4 Å². The molecule has 0 spiro atoms. The minimum atomic E-state index is -0.476. The molecule has 0 saturated carbocycles. The molecule has 2 N–H and O–H groups in total. The van der Waals surface area contributed by atoms with Crippen LogP contribution in [0.4, 0.5) is 5.69 Å². The molecular weight excluding hydrogens is 585 g/mol. The van der Waals surface area contributed by atoms with Crippen LogP contribution in [-0.4, -0.2) is 32.3 Å². The lowest BCUT2D eigenvalue weighted by Crippen LogP contribution is -2.29. The molecule has 0 aliphatic carbocycles. The van der Waals surface area contributed by atoms with Gasteiger partial charge in [-0.2, -0.15) is 0 Å². The van der Waals surface area contributed by atoms with Crippen molar-refractivity contribution in [1.29, 1.82) is 0 Å². The van der Waals surface area contributed by atoms with Crippen LogP contribution >= 0.6 is 50.9 Å². The van der Waals surface area contributed by atoms with E-state index < -0.39 is 6.04 Å². The van der Waals surface area contributed by atoms with E-state index in [-0.39, 0.29) is 28.5 Å². The Kier molecular flexibility index (Phi) is 10.0. The molecule has 190 valence electrons. The molecule has 1 aromatic heterocycles. The minimum absolute atomic E-state index is 0.143. The van der Waals surface area contributed by atoms with Crippen molar-refractivity contribution in [3.8, 4) is 0 Å². The fraction of sp³-hybridized carbons (Fsp3) is 0.280. The summed E-state index contributed by atoms with van der Waals surface area (Å²) in [5.74, 6) is 0.415. The number of nitrogens with zero attached hydrogens (tertiary/aromatic N) is 3. The number of carbonyl (C=O) groups excluding carboxylic acids is 2. The van der Waals surface area contributed by atoms with E-state index in [4.69, 9.17) is 23.2 Å². The van der Waals surface area contributed by atoms with Gasteiger partial charge in [0, 0.05) is 21.7 Å². The molecule has 0 aliphatic rings. The fourth-order valence-corrected chi connectivity index (χ4v) is 5.11. The second-order valence-corrected chi connectivity index (χ2v) is 11.0. The van der Waals surface area contributed by atoms with Gasteiger partial charge < -0.3 is 15.2 Å². The molecule has 0 unspecified atom stereocenters. The van der Waals surface area contributed by atoms with E-state index in [1.165, 1.54) is 17.8 Å². The van der Waals surface area contributed by atoms with Gasteiger partial charge in [0.2, 0.25) is 5.91 Å². The van der Waals surface area contributed by atoms with Crippen LogP contribution in [0.1, 0.15) is 54.5 Å². The predicted octanol–water partition coefficient (Wildman–Crippen LogP) is 6.88. The van der Waals surface area contributed by atoms with Gasteiger partial charge in [0.05, 0.1) is 22.4 Å². The van der Waals surface area contributed by atoms with Crippen LogP contribution < -0.4 is 10.6 Å². The summed E-state index contributed by atoms with van der Waals surface area (Å²) < 4.78 is 2.78. The summed E-state index contributed by atoms with van der Waals surface area (Å²) in [4.78, 5) is 25.5. The predicted molar refractivity (Wildman–Crippen MR) is 150 cm³/mol. The third kappa shape index (κ3) is 7.12. The molecule has 0 aliphatic heterocycles. The lowest BCUT2D eigenvalue weighted by molar-refractivity contribution is -0.113. The summed E-state index contributed by atoms with van der Waals surface area (Å²) in [7, 11) is 0. The normalized spacial score (nSPS) is 11.9. The molecule has 11 heteroatoms. The van der Waals surface area contributed by atoms with Crippen LogP contribution in [0, 0.1) is 0 Å². The zero-order chi connectivity index (χ0) is 26.4. The summed E-state index contributed by atoms with van der Waals surface area (Å²) in [5.41, 5.74) is 2.14. The minimum Gasteiger partial charge on any atom is -0.342 e. The van der Waals surface area contributed by atoms with Crippen LogP contribution in [0.5, 0.6) is 0 Å². The van der Waals surface area contributed by atoms with Crippen LogP contribution in [0.3, 0.4) is 0 Å². The number of benzene rings is 2. The molecule has 0 saturated heterocycles. The van der Waals surface area contributed by atoms with Crippen molar-refractivity contribution >= 4 is 68.4 Å². The van der Waals surface area contributed by atoms with Gasteiger partial charge >= 0.3 is 0 Å². The number of thioether (sulfide) groups is 1. The van der Waals surface area contributed by atoms with Crippen molar-refractivity contribution in [2.75, 3.05) is 11.1 Å². The number of rotatable bonds is 10. The average Bonchev–Trinajstić information content (AvgIpc) is 3.21. The Hall–Kier alpha value is -2.33. The van der Waals surface area contributed by atoms with Gasteiger partial charge in [-0.15, -0.1) is 16.8 Å². The quantitative estimate of drug-likeness (QED) is 0.193. The lowest BCUT2D eigenvalue weighted by Gasteiger charge is -2.16. The Bertz CT molecular complexity index is 1280. The third-order valence-electron chi connectivity index (χ3n) is 5.21. The number of carbonyl (C=O) groups is 2. The van der Waals surface area contributed by atoms with Crippen molar-refractivity contribution in [1.82, 2.24) is 20.1 Å². The number of halogens is 3. The van der Waals surface area contributed by atoms with E-state index in [9.17, 15) is 9.59 Å². The van der Waals surface area contributed by atoms with Crippen LogP contribution in [-0.2, 0) is 11.3 Å². The molecule has 0 radical (unpaired) electrons. The maximum Gasteiger partial charge on any atom is 0.253 e. The fourth-order valence-electron chi connectivity index (χ4n) is 3.48. The molecule has 3 rings (SSSR count). The number of hydrogen-bond donors (Lipinski definition) is 2. The highest BCUT2D eigenvalue weighted by atomic mass is 79.9. The number of amides is 2. The Labute approximate surface area is 233 Å². The highest BCUT2D eigenvalue weighted by Gasteiger charge is 2.22. The standard InChI is InChI=1S/C25H26BrCl2N5O2S/c1-5-10-33-23(15(4)29-24(35)18-8-7-17(27)12-20(18)28)31-32-25(33)36-13-22(34)30-21-9-6-16(26)11-19(21)14(2)3/h5-9,11-12,14-15H,1,10,13H2,2-4H3,(H,29,35)(H,30,34)/t15-/m1/s1. The van der Waals surface area contributed by atoms with Crippen LogP contribution in [0.25, 0.3) is 0 Å². The molecule has 3 aromatic rings. The molecule has 0 fully saturated rings. The zero-order valence-corrected chi connectivity index (χ0v) is 23.9. The van der Waals surface area contributed by atoms with Crippen molar-refractivity contribution < 1.29 is 9.59 Å². The second-order valence-electron chi connectivity index (χ2n) is 8.28. The van der Waals surface area contributed by atoms with Crippen LogP contribution in [0.2, 0.25) is 10.0 Å². The Balaban J connectivity index is 1.70. The summed E-state index contributed by atoms with van der Waals surface area (Å²) in [6, 6.07) is 10.00. The highest BCUT2D eigenvalue weighted by Crippen LogP contribution is 2.28. The van der Waals surface area contributed by atoms with E-state index >= 15 is 0 Å². The number of hydrogen-bond acceptors (Lipinski definition) is 5. The first-order chi connectivity index (χ1) is 17.1. The van der Waals surface area contributed by atoms with E-state index in [0.717, 1.165) is 15.7 Å². The maximum absolute atomic E-state index is 12.7. The monoisotopic (exact) mass is 609 g/mol. The smallest absolute Gasteiger partial charge is 0.253 e. The maximum atomic E-state index is 12.7. The summed E-state index contributed by atoms with van der Waals surface area (Å²) in [6.07, 6.45) is 1.71. The van der Waals surface area contributed by atoms with Gasteiger partial charge in [-0.3, -0.25) is 9.59 Å². The first-order valence-corrected chi connectivity index (χ1v) is 13.7. The molecule has 1 atom stereocenters. The SMILES string of the molecule is C=CCn1c(SCC(=O)Nc2ccc(Br)cc2C(C)C)nnc1[C@@H](C)NC(=O)c1ccc(Cl)cc1Cl. The van der Waals surface area contributed by atoms with E-state index in [1.54, 1.807) is 25.1 Å². The van der Waals surface area contributed by atoms with Crippen molar-refractivity contribution in [2.24, 2.45) is 0 Å². The Morgan fingerprint density at radius 2 is 1.92 bits per heavy atom. The topological polar surface area (TPSA) is 88.9 Å². The first-order valence-electron chi connectivity index (χ1n) is 11.1. The summed E-state index contributed by atoms with van der Waals surface area (Å²) >= 11 is 16.8. The third-order valence-corrected chi connectivity index (χ3v) is 7.22. The molecule has 0 bridgehead atoms. The van der Waals surface area contributed by atoms with Gasteiger partial charge in [-0.25, -0.2) is 0 Å². The van der Waals surface area contributed by atoms with Gasteiger partial charge in [0.1, 0.15) is 0 Å². The van der Waals surface area contributed by atoms with E-state index in [1.807, 2.05) is 22.8 Å². The largest absolute Gasteiger partial charge is 0.342 e. The highest BCUT2D eigenvalue weighted by molar-refractivity contribution is 9.10. The van der Waals surface area contributed by atoms with Gasteiger partial charge in [0.15, 0.2) is 11.0 Å². The number of nitrogens with one attached hydrogen (secondary N) is 2. The van der Waals surface area contributed by atoms with E-state index in [2.05, 4.69) is 57.2 Å². The van der Waals surface area contributed by atoms with E-state index in [0.29, 0.717) is 28.1 Å². The lowest BCUT2D eigenvalue weighted by atomic mass is 10.0. The summed E-state index contributed by atoms with van der Waals surface area (Å²) in [6.45, 7) is 10.2. The number of aromatic nitrogens is 3. The molecule has 1 heterocycles. The molecule has 2 amide bonds. The summed E-state index contributed by atoms with van der Waals surface area (Å²) in [5, 5.41) is 15.6.